The second kappa shape index (κ2) is 8.68. The molecule has 1 aliphatic rings. The number of aliphatic carboxylic acids is 1. The molecule has 0 aromatic heterocycles. The Balaban J connectivity index is 2.07. The molecule has 0 saturated carbocycles. The first kappa shape index (κ1) is 15.7. The van der Waals surface area contributed by atoms with Gasteiger partial charge in [-0.3, -0.25) is 0 Å². The zero-order valence-corrected chi connectivity index (χ0v) is 10.9. The molecule has 0 aromatic rings. The number of urea groups is 1. The van der Waals surface area contributed by atoms with Crippen LogP contribution in [0, 0.1) is 0 Å². The van der Waals surface area contributed by atoms with Crippen LogP contribution in [0.3, 0.4) is 0 Å². The molecule has 0 bridgehead atoms. The van der Waals surface area contributed by atoms with E-state index in [2.05, 4.69) is 20.9 Å². The van der Waals surface area contributed by atoms with Gasteiger partial charge in [0.2, 0.25) is 0 Å². The van der Waals surface area contributed by atoms with Gasteiger partial charge in [0.15, 0.2) is 6.04 Å². The summed E-state index contributed by atoms with van der Waals surface area (Å²) in [5.74, 6) is -1.25. The van der Waals surface area contributed by atoms with E-state index in [1.165, 1.54) is 0 Å². The maximum atomic E-state index is 11.3. The number of carboxylic acid groups (broad SMARTS) is 1. The van der Waals surface area contributed by atoms with Crippen LogP contribution in [0.25, 0.3) is 0 Å². The molecule has 1 saturated heterocycles. The molecule has 1 aliphatic heterocycles. The Hall–Kier alpha value is -1.38. The summed E-state index contributed by atoms with van der Waals surface area (Å²) in [6, 6.07) is -1.82. The third-order valence-corrected chi connectivity index (χ3v) is 2.93. The normalized spacial score (nSPS) is 17.7. The van der Waals surface area contributed by atoms with Crippen molar-refractivity contribution >= 4 is 12.0 Å². The van der Waals surface area contributed by atoms with E-state index in [0.717, 1.165) is 39.1 Å². The van der Waals surface area contributed by atoms with Crippen LogP contribution in [0.5, 0.6) is 0 Å². The fraction of sp³-hybridized carbons (Fsp3) is 0.818. The molecule has 0 radical (unpaired) electrons. The summed E-state index contributed by atoms with van der Waals surface area (Å²) in [7, 11) is 0. The van der Waals surface area contributed by atoms with E-state index in [0.29, 0.717) is 6.54 Å². The van der Waals surface area contributed by atoms with Crippen LogP contribution < -0.4 is 16.0 Å². The quantitative estimate of drug-likeness (QED) is 0.344. The molecule has 110 valence electrons. The highest BCUT2D eigenvalue weighted by Gasteiger charge is 2.18. The first-order chi connectivity index (χ1) is 9.13. The van der Waals surface area contributed by atoms with Gasteiger partial charge >= 0.3 is 12.0 Å². The minimum Gasteiger partial charge on any atom is -0.480 e. The van der Waals surface area contributed by atoms with Crippen molar-refractivity contribution < 1.29 is 19.8 Å². The molecule has 0 unspecified atom stereocenters. The number of rotatable bonds is 7. The summed E-state index contributed by atoms with van der Waals surface area (Å²) in [6.07, 6.45) is 0.810. The lowest BCUT2D eigenvalue weighted by atomic mass is 10.3. The largest absolute Gasteiger partial charge is 0.480 e. The zero-order valence-electron chi connectivity index (χ0n) is 10.9. The van der Waals surface area contributed by atoms with Gasteiger partial charge in [-0.1, -0.05) is 0 Å². The van der Waals surface area contributed by atoms with E-state index in [9.17, 15) is 9.59 Å². The maximum Gasteiger partial charge on any atom is 0.328 e. The van der Waals surface area contributed by atoms with Crippen LogP contribution in [0.1, 0.15) is 6.42 Å². The lowest BCUT2D eigenvalue weighted by Crippen LogP contribution is -2.48. The van der Waals surface area contributed by atoms with Crippen molar-refractivity contribution in [3.63, 3.8) is 0 Å². The highest BCUT2D eigenvalue weighted by Crippen LogP contribution is 1.93. The molecule has 0 spiro atoms. The van der Waals surface area contributed by atoms with Crippen molar-refractivity contribution in [2.45, 2.75) is 12.5 Å². The third-order valence-electron chi connectivity index (χ3n) is 2.93. The van der Waals surface area contributed by atoms with Crippen molar-refractivity contribution in [1.82, 2.24) is 20.9 Å². The zero-order chi connectivity index (χ0) is 14.1. The lowest BCUT2D eigenvalue weighted by molar-refractivity contribution is -0.140. The number of hydrogen-bond donors (Lipinski definition) is 5. The van der Waals surface area contributed by atoms with Crippen molar-refractivity contribution in [3.05, 3.63) is 0 Å². The minimum absolute atomic E-state index is 0.480. The Morgan fingerprint density at radius 2 is 2.00 bits per heavy atom. The van der Waals surface area contributed by atoms with Gasteiger partial charge < -0.3 is 31.1 Å². The monoisotopic (exact) mass is 274 g/mol. The molecule has 8 heteroatoms. The van der Waals surface area contributed by atoms with Crippen LogP contribution in [0.4, 0.5) is 4.79 Å². The summed E-state index contributed by atoms with van der Waals surface area (Å²) >= 11 is 0. The Labute approximate surface area is 112 Å². The van der Waals surface area contributed by atoms with Crippen LogP contribution in [0.15, 0.2) is 0 Å². The molecule has 1 fully saturated rings. The maximum absolute atomic E-state index is 11.3. The van der Waals surface area contributed by atoms with Crippen LogP contribution in [-0.2, 0) is 4.79 Å². The Bertz CT molecular complexity index is 294. The SMILES string of the molecule is O=C(NCCCN1CCNCC1)N[C@H](CO)C(=O)O. The molecule has 0 aromatic carbocycles. The summed E-state index contributed by atoms with van der Waals surface area (Å²) in [4.78, 5) is 24.2. The molecule has 19 heavy (non-hydrogen) atoms. The van der Waals surface area contributed by atoms with E-state index < -0.39 is 24.6 Å². The number of hydrogen-bond acceptors (Lipinski definition) is 5. The minimum atomic E-state index is -1.26. The summed E-state index contributed by atoms with van der Waals surface area (Å²) in [5, 5.41) is 25.4. The van der Waals surface area contributed by atoms with E-state index in [4.69, 9.17) is 10.2 Å². The van der Waals surface area contributed by atoms with Crippen molar-refractivity contribution in [1.29, 1.82) is 0 Å². The Morgan fingerprint density at radius 1 is 1.32 bits per heavy atom. The predicted molar refractivity (Wildman–Crippen MR) is 69.0 cm³/mol. The number of nitrogens with one attached hydrogen (secondary N) is 3. The second-order valence-corrected chi connectivity index (χ2v) is 4.42. The second-order valence-electron chi connectivity index (χ2n) is 4.42. The number of nitrogens with zero attached hydrogens (tertiary/aromatic N) is 1. The van der Waals surface area contributed by atoms with E-state index in [-0.39, 0.29) is 0 Å². The third kappa shape index (κ3) is 6.37. The number of piperazine rings is 1. The molecule has 1 rings (SSSR count). The van der Waals surface area contributed by atoms with Gasteiger partial charge in [-0.25, -0.2) is 9.59 Å². The Morgan fingerprint density at radius 3 is 2.58 bits per heavy atom. The number of aliphatic hydroxyl groups excluding tert-OH is 1. The van der Waals surface area contributed by atoms with Crippen molar-refractivity contribution in [2.24, 2.45) is 0 Å². The fourth-order valence-corrected chi connectivity index (χ4v) is 1.83. The summed E-state index contributed by atoms with van der Waals surface area (Å²) < 4.78 is 0. The first-order valence-electron chi connectivity index (χ1n) is 6.44. The predicted octanol–water partition coefficient (Wildman–Crippen LogP) is -1.97. The van der Waals surface area contributed by atoms with Crippen LogP contribution in [0.2, 0.25) is 0 Å². The Kier molecular flexibility index (Phi) is 7.16. The van der Waals surface area contributed by atoms with Crippen molar-refractivity contribution in [3.8, 4) is 0 Å². The molecule has 5 N–H and O–H groups in total. The van der Waals surface area contributed by atoms with E-state index >= 15 is 0 Å². The summed E-state index contributed by atoms with van der Waals surface area (Å²) in [6.45, 7) is 4.77. The van der Waals surface area contributed by atoms with E-state index in [1.54, 1.807) is 0 Å². The number of carbonyl (C=O) groups is 2. The number of carbonyl (C=O) groups excluding carboxylic acids is 1. The molecular weight excluding hydrogens is 252 g/mol. The average Bonchev–Trinajstić information content (AvgIpc) is 2.42. The van der Waals surface area contributed by atoms with Crippen LogP contribution >= 0.6 is 0 Å². The summed E-state index contributed by atoms with van der Waals surface area (Å²) in [5.41, 5.74) is 0. The standard InChI is InChI=1S/C11H22N4O4/c16-8-9(10(17)18)14-11(19)13-2-1-5-15-6-3-12-4-7-15/h9,12,16H,1-8H2,(H,17,18)(H2,13,14,19)/t9-/m1/s1. The van der Waals surface area contributed by atoms with Crippen molar-refractivity contribution in [2.75, 3.05) is 45.9 Å². The topological polar surface area (TPSA) is 114 Å². The van der Waals surface area contributed by atoms with Crippen LogP contribution in [-0.4, -0.2) is 79.0 Å². The number of amides is 2. The fourth-order valence-electron chi connectivity index (χ4n) is 1.83. The van der Waals surface area contributed by atoms with E-state index in [1.807, 2.05) is 0 Å². The number of carboxylic acids is 1. The van der Waals surface area contributed by atoms with Gasteiger partial charge in [0.1, 0.15) is 0 Å². The van der Waals surface area contributed by atoms with Gasteiger partial charge in [-0.05, 0) is 13.0 Å². The van der Waals surface area contributed by atoms with Gasteiger partial charge in [-0.15, -0.1) is 0 Å². The van der Waals surface area contributed by atoms with Gasteiger partial charge in [0, 0.05) is 32.7 Å². The highest BCUT2D eigenvalue weighted by atomic mass is 16.4. The number of aliphatic hydroxyl groups is 1. The molecule has 2 amide bonds. The molecule has 1 atom stereocenters. The van der Waals surface area contributed by atoms with Gasteiger partial charge in [-0.2, -0.15) is 0 Å². The van der Waals surface area contributed by atoms with Gasteiger partial charge in [0.25, 0.3) is 0 Å². The molecule has 8 nitrogen and oxygen atoms in total. The lowest BCUT2D eigenvalue weighted by Gasteiger charge is -2.27. The molecular formula is C11H22N4O4. The smallest absolute Gasteiger partial charge is 0.328 e. The first-order valence-corrected chi connectivity index (χ1v) is 6.44. The molecule has 0 aliphatic carbocycles. The highest BCUT2D eigenvalue weighted by molar-refractivity contribution is 5.82. The molecule has 1 heterocycles. The average molecular weight is 274 g/mol. The van der Waals surface area contributed by atoms with Gasteiger partial charge in [0.05, 0.1) is 6.61 Å².